The van der Waals surface area contributed by atoms with E-state index in [-0.39, 0.29) is 6.04 Å². The van der Waals surface area contributed by atoms with Gasteiger partial charge in [-0.2, -0.15) is 5.10 Å². The smallest absolute Gasteiger partial charge is 0.167 e. The molecule has 0 radical (unpaired) electrons. The predicted octanol–water partition coefficient (Wildman–Crippen LogP) is 0.777. The molecule has 62 valence electrons. The summed E-state index contributed by atoms with van der Waals surface area (Å²) in [5, 5.41) is 6.83. The van der Waals surface area contributed by atoms with Crippen LogP contribution in [-0.4, -0.2) is 15.2 Å². The van der Waals surface area contributed by atoms with Gasteiger partial charge in [0.2, 0.25) is 0 Å². The SMILES string of the molecule is CCc1nc(C(N)CC)n[nH]1. The minimum atomic E-state index is -0.0217. The molecule has 0 aliphatic rings. The van der Waals surface area contributed by atoms with Crippen molar-refractivity contribution in [1.29, 1.82) is 0 Å². The summed E-state index contributed by atoms with van der Waals surface area (Å²) in [7, 11) is 0. The molecular weight excluding hydrogens is 140 g/mol. The second kappa shape index (κ2) is 3.48. The van der Waals surface area contributed by atoms with Crippen LogP contribution in [0.3, 0.4) is 0 Å². The van der Waals surface area contributed by atoms with Crippen molar-refractivity contribution in [2.75, 3.05) is 0 Å². The van der Waals surface area contributed by atoms with E-state index in [2.05, 4.69) is 15.2 Å². The van der Waals surface area contributed by atoms with E-state index < -0.39 is 0 Å². The van der Waals surface area contributed by atoms with Crippen LogP contribution in [0.15, 0.2) is 0 Å². The van der Waals surface area contributed by atoms with Crippen LogP contribution in [-0.2, 0) is 6.42 Å². The van der Waals surface area contributed by atoms with Gasteiger partial charge in [0.1, 0.15) is 5.82 Å². The molecule has 4 heteroatoms. The van der Waals surface area contributed by atoms with Gasteiger partial charge in [0.15, 0.2) is 5.82 Å². The summed E-state index contributed by atoms with van der Waals surface area (Å²) in [5.74, 6) is 1.63. The fourth-order valence-corrected chi connectivity index (χ4v) is 0.817. The highest BCUT2D eigenvalue weighted by Gasteiger charge is 2.08. The third-order valence-electron chi connectivity index (χ3n) is 1.66. The van der Waals surface area contributed by atoms with Gasteiger partial charge in [-0.1, -0.05) is 13.8 Å². The Hall–Kier alpha value is -0.900. The first-order valence-electron chi connectivity index (χ1n) is 3.94. The zero-order valence-corrected chi connectivity index (χ0v) is 6.96. The molecule has 0 fully saturated rings. The molecule has 1 unspecified atom stereocenters. The normalized spacial score (nSPS) is 13.4. The highest BCUT2D eigenvalue weighted by molar-refractivity contribution is 4.94. The summed E-state index contributed by atoms with van der Waals surface area (Å²) in [6, 6.07) is -0.0217. The number of hydrogen-bond donors (Lipinski definition) is 2. The van der Waals surface area contributed by atoms with Crippen LogP contribution in [0.25, 0.3) is 0 Å². The number of nitrogens with two attached hydrogens (primary N) is 1. The van der Waals surface area contributed by atoms with Gasteiger partial charge in [0.05, 0.1) is 6.04 Å². The van der Waals surface area contributed by atoms with Gasteiger partial charge >= 0.3 is 0 Å². The topological polar surface area (TPSA) is 67.6 Å². The van der Waals surface area contributed by atoms with E-state index in [4.69, 9.17) is 5.73 Å². The molecule has 0 aliphatic carbocycles. The number of nitrogens with one attached hydrogen (secondary N) is 1. The average molecular weight is 154 g/mol. The van der Waals surface area contributed by atoms with Crippen molar-refractivity contribution < 1.29 is 0 Å². The lowest BCUT2D eigenvalue weighted by atomic mass is 10.2. The zero-order chi connectivity index (χ0) is 8.27. The lowest BCUT2D eigenvalue weighted by Crippen LogP contribution is -2.10. The van der Waals surface area contributed by atoms with Crippen molar-refractivity contribution in [3.8, 4) is 0 Å². The summed E-state index contributed by atoms with van der Waals surface area (Å²) in [6.07, 6.45) is 1.75. The van der Waals surface area contributed by atoms with Crippen molar-refractivity contribution in [2.24, 2.45) is 5.73 Å². The molecule has 0 saturated heterocycles. The fourth-order valence-electron chi connectivity index (χ4n) is 0.817. The Morgan fingerprint density at radius 1 is 1.55 bits per heavy atom. The van der Waals surface area contributed by atoms with E-state index in [9.17, 15) is 0 Å². The van der Waals surface area contributed by atoms with E-state index in [0.717, 1.165) is 24.5 Å². The van der Waals surface area contributed by atoms with Gasteiger partial charge in [-0.05, 0) is 6.42 Å². The number of aromatic nitrogens is 3. The molecule has 1 atom stereocenters. The van der Waals surface area contributed by atoms with Crippen LogP contribution >= 0.6 is 0 Å². The summed E-state index contributed by atoms with van der Waals surface area (Å²) < 4.78 is 0. The number of H-pyrrole nitrogens is 1. The maximum atomic E-state index is 5.72. The fraction of sp³-hybridized carbons (Fsp3) is 0.714. The van der Waals surface area contributed by atoms with Crippen molar-refractivity contribution in [2.45, 2.75) is 32.7 Å². The van der Waals surface area contributed by atoms with Gasteiger partial charge in [-0.3, -0.25) is 5.10 Å². The maximum Gasteiger partial charge on any atom is 0.167 e. The second-order valence-electron chi connectivity index (χ2n) is 2.51. The average Bonchev–Trinajstić information content (AvgIpc) is 2.50. The summed E-state index contributed by atoms with van der Waals surface area (Å²) in [6.45, 7) is 4.05. The third-order valence-corrected chi connectivity index (χ3v) is 1.66. The van der Waals surface area contributed by atoms with Crippen molar-refractivity contribution in [1.82, 2.24) is 15.2 Å². The lowest BCUT2D eigenvalue weighted by Gasteiger charge is -2.00. The largest absolute Gasteiger partial charge is 0.321 e. The van der Waals surface area contributed by atoms with E-state index in [0.29, 0.717) is 0 Å². The number of nitrogens with zero attached hydrogens (tertiary/aromatic N) is 2. The van der Waals surface area contributed by atoms with Gasteiger partial charge in [0, 0.05) is 6.42 Å². The van der Waals surface area contributed by atoms with E-state index in [1.54, 1.807) is 0 Å². The molecule has 4 nitrogen and oxygen atoms in total. The molecule has 0 bridgehead atoms. The highest BCUT2D eigenvalue weighted by Crippen LogP contribution is 2.07. The van der Waals surface area contributed by atoms with Crippen LogP contribution in [0.5, 0.6) is 0 Å². The maximum absolute atomic E-state index is 5.72. The first-order chi connectivity index (χ1) is 5.27. The Bertz CT molecular complexity index is 218. The van der Waals surface area contributed by atoms with Gasteiger partial charge in [-0.25, -0.2) is 4.98 Å². The van der Waals surface area contributed by atoms with Crippen LogP contribution in [0.1, 0.15) is 38.0 Å². The summed E-state index contributed by atoms with van der Waals surface area (Å²) in [4.78, 5) is 4.21. The molecule has 1 rings (SSSR count). The van der Waals surface area contributed by atoms with Gasteiger partial charge in [0.25, 0.3) is 0 Å². The van der Waals surface area contributed by atoms with Crippen LogP contribution in [0.2, 0.25) is 0 Å². The van der Waals surface area contributed by atoms with Crippen LogP contribution in [0.4, 0.5) is 0 Å². The molecule has 0 aliphatic heterocycles. The number of aromatic amines is 1. The number of hydrogen-bond acceptors (Lipinski definition) is 3. The van der Waals surface area contributed by atoms with E-state index in [1.165, 1.54) is 0 Å². The highest BCUT2D eigenvalue weighted by atomic mass is 15.2. The van der Waals surface area contributed by atoms with Crippen molar-refractivity contribution in [3.63, 3.8) is 0 Å². The molecule has 1 aromatic heterocycles. The molecule has 0 aromatic carbocycles. The Labute approximate surface area is 66.2 Å². The summed E-state index contributed by atoms with van der Waals surface area (Å²) in [5.41, 5.74) is 5.72. The molecule has 0 spiro atoms. The lowest BCUT2D eigenvalue weighted by molar-refractivity contribution is 0.652. The minimum absolute atomic E-state index is 0.0217. The second-order valence-corrected chi connectivity index (χ2v) is 2.51. The Morgan fingerprint density at radius 3 is 2.73 bits per heavy atom. The predicted molar refractivity (Wildman–Crippen MR) is 43.0 cm³/mol. The van der Waals surface area contributed by atoms with Crippen molar-refractivity contribution >= 4 is 0 Å². The number of rotatable bonds is 3. The first kappa shape index (κ1) is 8.20. The van der Waals surface area contributed by atoms with E-state index in [1.807, 2.05) is 13.8 Å². The van der Waals surface area contributed by atoms with E-state index >= 15 is 0 Å². The minimum Gasteiger partial charge on any atom is -0.321 e. The van der Waals surface area contributed by atoms with Crippen LogP contribution in [0, 0.1) is 0 Å². The van der Waals surface area contributed by atoms with Gasteiger partial charge in [-0.15, -0.1) is 0 Å². The molecule has 0 amide bonds. The first-order valence-corrected chi connectivity index (χ1v) is 3.94. The zero-order valence-electron chi connectivity index (χ0n) is 6.96. The third kappa shape index (κ3) is 1.77. The van der Waals surface area contributed by atoms with Crippen molar-refractivity contribution in [3.05, 3.63) is 11.6 Å². The molecule has 0 saturated carbocycles. The molecular formula is C7H14N4. The Kier molecular flexibility index (Phi) is 2.59. The standard InChI is InChI=1S/C7H14N4/c1-3-5(8)7-9-6(4-2)10-11-7/h5H,3-4,8H2,1-2H3,(H,9,10,11). The molecule has 1 heterocycles. The Balaban J connectivity index is 2.71. The molecule has 11 heavy (non-hydrogen) atoms. The Morgan fingerprint density at radius 2 is 2.27 bits per heavy atom. The van der Waals surface area contributed by atoms with Crippen LogP contribution < -0.4 is 5.73 Å². The summed E-state index contributed by atoms with van der Waals surface area (Å²) >= 11 is 0. The quantitative estimate of drug-likeness (QED) is 0.676. The molecule has 1 aromatic rings. The molecule has 3 N–H and O–H groups in total. The monoisotopic (exact) mass is 154 g/mol. The van der Waals surface area contributed by atoms with Gasteiger partial charge < -0.3 is 5.73 Å². The number of aryl methyl sites for hydroxylation is 1.